The molecule has 2 saturated heterocycles. The Hall–Kier alpha value is -0.650. The number of β-amino-alcohol motifs (C(OH)–C–C–N with tert-alkyl or cyclic N) is 1. The average molecular weight is 228 g/mol. The Bertz CT molecular complexity index is 254. The minimum absolute atomic E-state index is 0.129. The van der Waals surface area contributed by atoms with Gasteiger partial charge in [-0.3, -0.25) is 4.79 Å². The van der Waals surface area contributed by atoms with Crippen molar-refractivity contribution < 1.29 is 14.6 Å². The van der Waals surface area contributed by atoms with Crippen LogP contribution in [0, 0.1) is 5.92 Å². The number of hydrogen-bond acceptors (Lipinski definition) is 4. The van der Waals surface area contributed by atoms with E-state index in [1.807, 2.05) is 0 Å². The van der Waals surface area contributed by atoms with Crippen LogP contribution >= 0.6 is 0 Å². The second-order valence-electron chi connectivity index (χ2n) is 4.61. The monoisotopic (exact) mass is 228 g/mol. The van der Waals surface area contributed by atoms with Crippen LogP contribution in [-0.2, 0) is 9.53 Å². The van der Waals surface area contributed by atoms with Gasteiger partial charge in [-0.15, -0.1) is 0 Å². The van der Waals surface area contributed by atoms with Crippen LogP contribution in [0.25, 0.3) is 0 Å². The third-order valence-electron chi connectivity index (χ3n) is 3.54. The zero-order chi connectivity index (χ0) is 11.5. The summed E-state index contributed by atoms with van der Waals surface area (Å²) in [7, 11) is 1.58. The SMILES string of the molecule is CO[C@@H]1CN(C(=O)C2CCNCC2)C[C@H]1O. The molecule has 0 aromatic rings. The zero-order valence-electron chi connectivity index (χ0n) is 9.69. The number of nitrogens with zero attached hydrogens (tertiary/aromatic N) is 1. The summed E-state index contributed by atoms with van der Waals surface area (Å²) >= 11 is 0. The summed E-state index contributed by atoms with van der Waals surface area (Å²) < 4.78 is 5.13. The van der Waals surface area contributed by atoms with Crippen LogP contribution < -0.4 is 5.32 Å². The molecule has 0 radical (unpaired) electrons. The summed E-state index contributed by atoms with van der Waals surface area (Å²) in [5.41, 5.74) is 0. The number of hydrogen-bond donors (Lipinski definition) is 2. The molecule has 0 bridgehead atoms. The van der Waals surface area contributed by atoms with Crippen molar-refractivity contribution >= 4 is 5.91 Å². The van der Waals surface area contributed by atoms with Gasteiger partial charge in [0.05, 0.1) is 6.10 Å². The standard InChI is InChI=1S/C11H20N2O3/c1-16-10-7-13(6-9(10)14)11(15)8-2-4-12-5-3-8/h8-10,12,14H,2-7H2,1H3/t9-,10-/m1/s1. The molecule has 0 aromatic heterocycles. The minimum Gasteiger partial charge on any atom is -0.388 e. The number of aliphatic hydroxyl groups is 1. The second kappa shape index (κ2) is 5.12. The topological polar surface area (TPSA) is 61.8 Å². The van der Waals surface area contributed by atoms with Gasteiger partial charge in [-0.1, -0.05) is 0 Å². The van der Waals surface area contributed by atoms with Gasteiger partial charge in [0.25, 0.3) is 0 Å². The fourth-order valence-corrected chi connectivity index (χ4v) is 2.50. The number of carbonyl (C=O) groups is 1. The lowest BCUT2D eigenvalue weighted by Gasteiger charge is -2.26. The van der Waals surface area contributed by atoms with Gasteiger partial charge < -0.3 is 20.1 Å². The lowest BCUT2D eigenvalue weighted by molar-refractivity contribution is -0.135. The van der Waals surface area contributed by atoms with E-state index in [4.69, 9.17) is 4.74 Å². The number of rotatable bonds is 2. The van der Waals surface area contributed by atoms with Crippen molar-refractivity contribution in [3.63, 3.8) is 0 Å². The average Bonchev–Trinajstić information content (AvgIpc) is 2.71. The van der Waals surface area contributed by atoms with Crippen molar-refractivity contribution in [3.05, 3.63) is 0 Å². The quantitative estimate of drug-likeness (QED) is 0.650. The first-order valence-electron chi connectivity index (χ1n) is 5.92. The predicted octanol–water partition coefficient (Wildman–Crippen LogP) is -0.796. The van der Waals surface area contributed by atoms with E-state index >= 15 is 0 Å². The minimum atomic E-state index is -0.532. The van der Waals surface area contributed by atoms with Crippen LogP contribution in [0.1, 0.15) is 12.8 Å². The number of piperidine rings is 1. The highest BCUT2D eigenvalue weighted by Gasteiger charge is 2.36. The van der Waals surface area contributed by atoms with Crippen molar-refractivity contribution in [3.8, 4) is 0 Å². The number of ether oxygens (including phenoxy) is 1. The maximum atomic E-state index is 12.1. The molecule has 5 heteroatoms. The molecule has 5 nitrogen and oxygen atoms in total. The van der Waals surface area contributed by atoms with E-state index in [-0.39, 0.29) is 17.9 Å². The van der Waals surface area contributed by atoms with Gasteiger partial charge in [0.2, 0.25) is 5.91 Å². The van der Waals surface area contributed by atoms with Crippen molar-refractivity contribution in [2.75, 3.05) is 33.3 Å². The van der Waals surface area contributed by atoms with Gasteiger partial charge >= 0.3 is 0 Å². The maximum absolute atomic E-state index is 12.1. The van der Waals surface area contributed by atoms with Crippen LogP contribution in [0.15, 0.2) is 0 Å². The van der Waals surface area contributed by atoms with Crippen molar-refractivity contribution in [2.24, 2.45) is 5.92 Å². The van der Waals surface area contributed by atoms with Crippen molar-refractivity contribution in [2.45, 2.75) is 25.0 Å². The number of aliphatic hydroxyl groups excluding tert-OH is 1. The van der Waals surface area contributed by atoms with Crippen LogP contribution in [-0.4, -0.2) is 61.4 Å². The van der Waals surface area contributed by atoms with Gasteiger partial charge in [-0.05, 0) is 25.9 Å². The summed E-state index contributed by atoms with van der Waals surface area (Å²) in [6.45, 7) is 2.78. The molecule has 0 aliphatic carbocycles. The molecule has 2 aliphatic rings. The molecular weight excluding hydrogens is 208 g/mol. The number of amides is 1. The molecular formula is C11H20N2O3. The second-order valence-corrected chi connectivity index (χ2v) is 4.61. The fraction of sp³-hybridized carbons (Fsp3) is 0.909. The van der Waals surface area contributed by atoms with Gasteiger partial charge in [-0.2, -0.15) is 0 Å². The van der Waals surface area contributed by atoms with Gasteiger partial charge in [0.15, 0.2) is 0 Å². The highest BCUT2D eigenvalue weighted by atomic mass is 16.5. The Morgan fingerprint density at radius 2 is 2.06 bits per heavy atom. The smallest absolute Gasteiger partial charge is 0.225 e. The van der Waals surface area contributed by atoms with Gasteiger partial charge in [-0.25, -0.2) is 0 Å². The largest absolute Gasteiger partial charge is 0.388 e. The highest BCUT2D eigenvalue weighted by molar-refractivity contribution is 5.79. The normalized spacial score (nSPS) is 32.0. The van der Waals surface area contributed by atoms with E-state index in [0.29, 0.717) is 13.1 Å². The lowest BCUT2D eigenvalue weighted by atomic mass is 9.97. The van der Waals surface area contributed by atoms with E-state index in [0.717, 1.165) is 25.9 Å². The van der Waals surface area contributed by atoms with E-state index < -0.39 is 6.10 Å². The third kappa shape index (κ3) is 2.36. The van der Waals surface area contributed by atoms with E-state index in [1.165, 1.54) is 0 Å². The zero-order valence-corrected chi connectivity index (χ0v) is 9.69. The molecule has 0 unspecified atom stereocenters. The summed E-state index contributed by atoms with van der Waals surface area (Å²) in [6, 6.07) is 0. The van der Waals surface area contributed by atoms with E-state index in [2.05, 4.69) is 5.32 Å². The first-order valence-corrected chi connectivity index (χ1v) is 5.92. The molecule has 0 spiro atoms. The Kier molecular flexibility index (Phi) is 3.78. The molecule has 92 valence electrons. The predicted molar refractivity (Wildman–Crippen MR) is 59.0 cm³/mol. The number of methoxy groups -OCH3 is 1. The van der Waals surface area contributed by atoms with Crippen molar-refractivity contribution in [1.82, 2.24) is 10.2 Å². The molecule has 2 heterocycles. The first kappa shape index (κ1) is 11.8. The molecule has 2 N–H and O–H groups in total. The third-order valence-corrected chi connectivity index (χ3v) is 3.54. The Morgan fingerprint density at radius 3 is 2.62 bits per heavy atom. The molecule has 0 aromatic carbocycles. The number of likely N-dealkylation sites (tertiary alicyclic amines) is 1. The van der Waals surface area contributed by atoms with Crippen LogP contribution in [0.4, 0.5) is 0 Å². The summed E-state index contributed by atoms with van der Waals surface area (Å²) in [5, 5.41) is 12.9. The Balaban J connectivity index is 1.90. The first-order chi connectivity index (χ1) is 7.72. The molecule has 2 rings (SSSR count). The van der Waals surface area contributed by atoms with E-state index in [1.54, 1.807) is 12.0 Å². The maximum Gasteiger partial charge on any atom is 0.225 e. The molecule has 2 aliphatic heterocycles. The molecule has 1 amide bonds. The summed E-state index contributed by atoms with van der Waals surface area (Å²) in [6.07, 6.45) is 1.06. The Labute approximate surface area is 95.8 Å². The fourth-order valence-electron chi connectivity index (χ4n) is 2.50. The van der Waals surface area contributed by atoms with Crippen LogP contribution in [0.3, 0.4) is 0 Å². The van der Waals surface area contributed by atoms with Gasteiger partial charge in [0, 0.05) is 26.1 Å². The van der Waals surface area contributed by atoms with E-state index in [9.17, 15) is 9.90 Å². The lowest BCUT2D eigenvalue weighted by Crippen LogP contribution is -2.40. The summed E-state index contributed by atoms with van der Waals surface area (Å²) in [5.74, 6) is 0.309. The molecule has 2 atom stereocenters. The Morgan fingerprint density at radius 1 is 1.38 bits per heavy atom. The summed E-state index contributed by atoms with van der Waals surface area (Å²) in [4.78, 5) is 13.9. The highest BCUT2D eigenvalue weighted by Crippen LogP contribution is 2.20. The molecule has 16 heavy (non-hydrogen) atoms. The number of nitrogens with one attached hydrogen (secondary N) is 1. The number of carbonyl (C=O) groups excluding carboxylic acids is 1. The van der Waals surface area contributed by atoms with Crippen LogP contribution in [0.5, 0.6) is 0 Å². The molecule has 0 saturated carbocycles. The van der Waals surface area contributed by atoms with Crippen LogP contribution in [0.2, 0.25) is 0 Å². The molecule has 2 fully saturated rings. The van der Waals surface area contributed by atoms with Gasteiger partial charge in [0.1, 0.15) is 6.10 Å². The van der Waals surface area contributed by atoms with Crippen molar-refractivity contribution in [1.29, 1.82) is 0 Å².